The molecule has 2 aromatic carbocycles. The number of rotatable bonds is 5. The number of carbonyl (C=O) groups excluding carboxylic acids is 1. The standard InChI is InChI=1S/C18H18F3NO2/c1-10(2)12-5-4-11(3)15(8-12)24-9-16(23)22-14-7-6-13(19)17(20)18(14)21/h4-8,10H,9H2,1-3H3,(H,22,23). The first-order valence-electron chi connectivity index (χ1n) is 7.46. The third-order valence-electron chi connectivity index (χ3n) is 3.55. The van der Waals surface area contributed by atoms with Gasteiger partial charge in [0.25, 0.3) is 5.91 Å². The molecule has 0 aliphatic heterocycles. The van der Waals surface area contributed by atoms with Crippen molar-refractivity contribution >= 4 is 11.6 Å². The number of aryl methyl sites for hydroxylation is 1. The highest BCUT2D eigenvalue weighted by atomic mass is 19.2. The van der Waals surface area contributed by atoms with Crippen molar-refractivity contribution in [2.75, 3.05) is 11.9 Å². The second-order valence-electron chi connectivity index (χ2n) is 5.74. The van der Waals surface area contributed by atoms with Crippen LogP contribution in [0, 0.1) is 24.4 Å². The van der Waals surface area contributed by atoms with Gasteiger partial charge in [-0.15, -0.1) is 0 Å². The number of ether oxygens (including phenoxy) is 1. The lowest BCUT2D eigenvalue weighted by Crippen LogP contribution is -2.21. The summed E-state index contributed by atoms with van der Waals surface area (Å²) >= 11 is 0. The maximum Gasteiger partial charge on any atom is 0.262 e. The molecule has 128 valence electrons. The Balaban J connectivity index is 2.04. The molecular formula is C18H18F3NO2. The zero-order valence-electron chi connectivity index (χ0n) is 13.6. The number of halogens is 3. The number of anilines is 1. The van der Waals surface area contributed by atoms with Gasteiger partial charge < -0.3 is 10.1 Å². The van der Waals surface area contributed by atoms with E-state index in [1.807, 2.05) is 39.0 Å². The van der Waals surface area contributed by atoms with Crippen molar-refractivity contribution in [1.29, 1.82) is 0 Å². The highest BCUT2D eigenvalue weighted by Gasteiger charge is 2.15. The summed E-state index contributed by atoms with van der Waals surface area (Å²) in [7, 11) is 0. The molecule has 24 heavy (non-hydrogen) atoms. The average Bonchev–Trinajstić information content (AvgIpc) is 2.54. The van der Waals surface area contributed by atoms with Crippen LogP contribution in [-0.2, 0) is 4.79 Å². The maximum absolute atomic E-state index is 13.5. The fraction of sp³-hybridized carbons (Fsp3) is 0.278. The Morgan fingerprint density at radius 1 is 1.12 bits per heavy atom. The van der Waals surface area contributed by atoms with Crippen molar-refractivity contribution < 1.29 is 22.7 Å². The molecule has 0 saturated heterocycles. The lowest BCUT2D eigenvalue weighted by atomic mass is 10.0. The number of carbonyl (C=O) groups is 1. The van der Waals surface area contributed by atoms with E-state index in [0.29, 0.717) is 11.7 Å². The molecule has 0 bridgehead atoms. The van der Waals surface area contributed by atoms with E-state index in [9.17, 15) is 18.0 Å². The van der Waals surface area contributed by atoms with Gasteiger partial charge in [-0.1, -0.05) is 26.0 Å². The topological polar surface area (TPSA) is 38.3 Å². The van der Waals surface area contributed by atoms with Gasteiger partial charge in [0.15, 0.2) is 24.1 Å². The summed E-state index contributed by atoms with van der Waals surface area (Å²) < 4.78 is 45.0. The van der Waals surface area contributed by atoms with E-state index >= 15 is 0 Å². The van der Waals surface area contributed by atoms with Gasteiger partial charge >= 0.3 is 0 Å². The van der Waals surface area contributed by atoms with Gasteiger partial charge in [-0.05, 0) is 42.2 Å². The SMILES string of the molecule is Cc1ccc(C(C)C)cc1OCC(=O)Nc1ccc(F)c(F)c1F. The number of nitrogens with one attached hydrogen (secondary N) is 1. The minimum absolute atomic E-state index is 0.304. The number of benzene rings is 2. The molecule has 0 aliphatic rings. The van der Waals surface area contributed by atoms with E-state index in [-0.39, 0.29) is 6.61 Å². The molecule has 0 aromatic heterocycles. The fourth-order valence-corrected chi connectivity index (χ4v) is 2.08. The highest BCUT2D eigenvalue weighted by Crippen LogP contribution is 2.24. The van der Waals surface area contributed by atoms with Crippen molar-refractivity contribution in [3.63, 3.8) is 0 Å². The molecule has 0 aliphatic carbocycles. The van der Waals surface area contributed by atoms with Crippen molar-refractivity contribution in [3.05, 3.63) is 58.9 Å². The van der Waals surface area contributed by atoms with Crippen molar-refractivity contribution in [2.24, 2.45) is 0 Å². The predicted octanol–water partition coefficient (Wildman–Crippen LogP) is 4.55. The van der Waals surface area contributed by atoms with E-state index in [1.54, 1.807) is 0 Å². The van der Waals surface area contributed by atoms with Crippen LogP contribution in [0.5, 0.6) is 5.75 Å². The van der Waals surface area contributed by atoms with Gasteiger partial charge in [-0.3, -0.25) is 4.79 Å². The Bertz CT molecular complexity index is 760. The zero-order valence-corrected chi connectivity index (χ0v) is 13.6. The van der Waals surface area contributed by atoms with E-state index in [2.05, 4.69) is 5.32 Å². The monoisotopic (exact) mass is 337 g/mol. The van der Waals surface area contributed by atoms with Crippen LogP contribution in [0.4, 0.5) is 18.9 Å². The molecule has 0 radical (unpaired) electrons. The van der Waals surface area contributed by atoms with Crippen LogP contribution in [0.3, 0.4) is 0 Å². The summed E-state index contributed by atoms with van der Waals surface area (Å²) in [4.78, 5) is 11.8. The second-order valence-corrected chi connectivity index (χ2v) is 5.74. The Morgan fingerprint density at radius 3 is 2.50 bits per heavy atom. The van der Waals surface area contributed by atoms with Crippen LogP contribution in [0.15, 0.2) is 30.3 Å². The van der Waals surface area contributed by atoms with E-state index in [0.717, 1.165) is 23.3 Å². The first-order chi connectivity index (χ1) is 11.3. The summed E-state index contributed by atoms with van der Waals surface area (Å²) in [5, 5.41) is 2.16. The quantitative estimate of drug-likeness (QED) is 0.813. The molecule has 3 nitrogen and oxygen atoms in total. The van der Waals surface area contributed by atoms with Gasteiger partial charge in [0.1, 0.15) is 5.75 Å². The van der Waals surface area contributed by atoms with Gasteiger partial charge in [0.2, 0.25) is 0 Å². The number of amides is 1. The molecule has 1 amide bonds. The summed E-state index contributed by atoms with van der Waals surface area (Å²) in [6.45, 7) is 5.53. The molecule has 0 saturated carbocycles. The smallest absolute Gasteiger partial charge is 0.262 e. The van der Waals surface area contributed by atoms with Gasteiger partial charge in [-0.2, -0.15) is 0 Å². The molecule has 0 heterocycles. The third kappa shape index (κ3) is 4.07. The van der Waals surface area contributed by atoms with Gasteiger partial charge in [0.05, 0.1) is 5.69 Å². The first kappa shape index (κ1) is 17.8. The Kier molecular flexibility index (Phi) is 5.49. The lowest BCUT2D eigenvalue weighted by molar-refractivity contribution is -0.118. The predicted molar refractivity (Wildman–Crippen MR) is 85.7 cm³/mol. The summed E-state index contributed by atoms with van der Waals surface area (Å²) in [6, 6.07) is 7.40. The summed E-state index contributed by atoms with van der Waals surface area (Å²) in [5.74, 6) is -4.21. The summed E-state index contributed by atoms with van der Waals surface area (Å²) in [5.41, 5.74) is 1.48. The maximum atomic E-state index is 13.5. The largest absolute Gasteiger partial charge is 0.483 e. The molecule has 0 atom stereocenters. The van der Waals surface area contributed by atoms with Gasteiger partial charge in [-0.25, -0.2) is 13.2 Å². The first-order valence-corrected chi connectivity index (χ1v) is 7.46. The minimum atomic E-state index is -1.63. The van der Waals surface area contributed by atoms with E-state index in [4.69, 9.17) is 4.74 Å². The minimum Gasteiger partial charge on any atom is -0.483 e. The molecular weight excluding hydrogens is 319 g/mol. The number of hydrogen-bond donors (Lipinski definition) is 1. The van der Waals surface area contributed by atoms with Crippen LogP contribution in [0.2, 0.25) is 0 Å². The third-order valence-corrected chi connectivity index (χ3v) is 3.55. The lowest BCUT2D eigenvalue weighted by Gasteiger charge is -2.13. The van der Waals surface area contributed by atoms with Crippen LogP contribution in [0.25, 0.3) is 0 Å². The molecule has 1 N–H and O–H groups in total. The van der Waals surface area contributed by atoms with E-state index in [1.165, 1.54) is 0 Å². The molecule has 0 spiro atoms. The second kappa shape index (κ2) is 7.38. The molecule has 6 heteroatoms. The fourth-order valence-electron chi connectivity index (χ4n) is 2.08. The van der Waals surface area contributed by atoms with Crippen molar-refractivity contribution in [2.45, 2.75) is 26.7 Å². The summed E-state index contributed by atoms with van der Waals surface area (Å²) in [6.07, 6.45) is 0. The Labute approximate surface area is 138 Å². The van der Waals surface area contributed by atoms with Crippen LogP contribution in [0.1, 0.15) is 30.9 Å². The van der Waals surface area contributed by atoms with Crippen LogP contribution in [-0.4, -0.2) is 12.5 Å². The normalized spacial score (nSPS) is 10.8. The van der Waals surface area contributed by atoms with Crippen molar-refractivity contribution in [3.8, 4) is 5.75 Å². The van der Waals surface area contributed by atoms with Crippen molar-refractivity contribution in [1.82, 2.24) is 0 Å². The van der Waals surface area contributed by atoms with Crippen LogP contribution >= 0.6 is 0 Å². The molecule has 2 aromatic rings. The number of hydrogen-bond acceptors (Lipinski definition) is 2. The Morgan fingerprint density at radius 2 is 1.83 bits per heavy atom. The van der Waals surface area contributed by atoms with E-state index < -0.39 is 29.0 Å². The van der Waals surface area contributed by atoms with Gasteiger partial charge in [0, 0.05) is 0 Å². The average molecular weight is 337 g/mol. The molecule has 0 fully saturated rings. The van der Waals surface area contributed by atoms with Crippen LogP contribution < -0.4 is 10.1 Å². The zero-order chi connectivity index (χ0) is 17.9. The molecule has 2 rings (SSSR count). The molecule has 0 unspecified atom stereocenters. The highest BCUT2D eigenvalue weighted by molar-refractivity contribution is 5.92. The Hall–Kier alpha value is -2.50.